The van der Waals surface area contributed by atoms with E-state index in [4.69, 9.17) is 0 Å². The lowest BCUT2D eigenvalue weighted by atomic mass is 10.1. The van der Waals surface area contributed by atoms with Gasteiger partial charge < -0.3 is 15.3 Å². The fourth-order valence-electron chi connectivity index (χ4n) is 1.91. The predicted octanol–water partition coefficient (Wildman–Crippen LogP) is 2.41. The van der Waals surface area contributed by atoms with Gasteiger partial charge in [-0.25, -0.2) is 0 Å². The molecule has 0 unspecified atom stereocenters. The quantitative estimate of drug-likeness (QED) is 0.905. The van der Waals surface area contributed by atoms with Crippen molar-refractivity contribution in [2.24, 2.45) is 0 Å². The second-order valence-electron chi connectivity index (χ2n) is 5.09. The van der Waals surface area contributed by atoms with Gasteiger partial charge in [0.1, 0.15) is 5.75 Å². The minimum atomic E-state index is -0.0270. The molecule has 1 aromatic carbocycles. The molecule has 0 aliphatic heterocycles. The highest BCUT2D eigenvalue weighted by Crippen LogP contribution is 2.18. The summed E-state index contributed by atoms with van der Waals surface area (Å²) in [6.07, 6.45) is 1.41. The fourth-order valence-corrected chi connectivity index (χ4v) is 1.91. The Morgan fingerprint density at radius 2 is 2.05 bits per heavy atom. The van der Waals surface area contributed by atoms with Crippen LogP contribution in [0.4, 0.5) is 5.69 Å². The first-order chi connectivity index (χ1) is 9.97. The van der Waals surface area contributed by atoms with Crippen molar-refractivity contribution >= 4 is 11.6 Å². The zero-order valence-corrected chi connectivity index (χ0v) is 12.4. The number of nitrogens with zero attached hydrogens (tertiary/aromatic N) is 2. The van der Waals surface area contributed by atoms with Gasteiger partial charge >= 0.3 is 0 Å². The van der Waals surface area contributed by atoms with Crippen LogP contribution in [-0.2, 0) is 6.54 Å². The standard InChI is InChI=1S/C16H19N3O2/c1-11-4-5-12(16(21)19(2)3)8-15(11)18-9-13-6-7-14(20)10-17-13/h4-8,10,18,20H,9H2,1-3H3. The molecule has 5 heteroatoms. The van der Waals surface area contributed by atoms with Gasteiger partial charge in [0.25, 0.3) is 5.91 Å². The van der Waals surface area contributed by atoms with Crippen molar-refractivity contribution in [1.29, 1.82) is 0 Å². The molecule has 2 aromatic rings. The van der Waals surface area contributed by atoms with Crippen LogP contribution in [0.2, 0.25) is 0 Å². The van der Waals surface area contributed by atoms with Crippen LogP contribution >= 0.6 is 0 Å². The summed E-state index contributed by atoms with van der Waals surface area (Å²) in [5.41, 5.74) is 3.42. The van der Waals surface area contributed by atoms with Crippen LogP contribution in [0, 0.1) is 6.92 Å². The summed E-state index contributed by atoms with van der Waals surface area (Å²) in [6, 6.07) is 8.94. The Balaban J connectivity index is 2.14. The van der Waals surface area contributed by atoms with Gasteiger partial charge in [-0.1, -0.05) is 6.07 Å². The molecule has 0 saturated heterocycles. The predicted molar refractivity (Wildman–Crippen MR) is 82.4 cm³/mol. The Labute approximate surface area is 124 Å². The third-order valence-electron chi connectivity index (χ3n) is 3.16. The van der Waals surface area contributed by atoms with Crippen molar-refractivity contribution < 1.29 is 9.90 Å². The van der Waals surface area contributed by atoms with Crippen LogP contribution in [0.5, 0.6) is 5.75 Å². The molecule has 0 spiro atoms. The third-order valence-corrected chi connectivity index (χ3v) is 3.16. The molecular formula is C16H19N3O2. The average molecular weight is 285 g/mol. The van der Waals surface area contributed by atoms with Gasteiger partial charge in [-0.2, -0.15) is 0 Å². The molecule has 0 aliphatic rings. The molecular weight excluding hydrogens is 266 g/mol. The molecule has 0 radical (unpaired) electrons. The number of rotatable bonds is 4. The minimum Gasteiger partial charge on any atom is -0.506 e. The molecule has 1 aromatic heterocycles. The number of nitrogens with one attached hydrogen (secondary N) is 1. The van der Waals surface area contributed by atoms with Gasteiger partial charge in [0.15, 0.2) is 0 Å². The van der Waals surface area contributed by atoms with Gasteiger partial charge in [0.05, 0.1) is 18.4 Å². The molecule has 2 rings (SSSR count). The van der Waals surface area contributed by atoms with Gasteiger partial charge in [-0.3, -0.25) is 9.78 Å². The lowest BCUT2D eigenvalue weighted by molar-refractivity contribution is 0.0827. The first-order valence-corrected chi connectivity index (χ1v) is 6.67. The number of carbonyl (C=O) groups excluding carboxylic acids is 1. The summed E-state index contributed by atoms with van der Waals surface area (Å²) in [5.74, 6) is 0.120. The van der Waals surface area contributed by atoms with Crippen molar-refractivity contribution in [3.8, 4) is 5.75 Å². The number of anilines is 1. The van der Waals surface area contributed by atoms with E-state index >= 15 is 0 Å². The van der Waals surface area contributed by atoms with E-state index in [1.807, 2.05) is 25.1 Å². The average Bonchev–Trinajstić information content (AvgIpc) is 2.47. The van der Waals surface area contributed by atoms with E-state index in [9.17, 15) is 9.90 Å². The molecule has 1 heterocycles. The molecule has 21 heavy (non-hydrogen) atoms. The molecule has 0 saturated carbocycles. The van der Waals surface area contributed by atoms with E-state index in [-0.39, 0.29) is 11.7 Å². The van der Waals surface area contributed by atoms with E-state index in [1.165, 1.54) is 6.20 Å². The molecule has 2 N–H and O–H groups in total. The minimum absolute atomic E-state index is 0.0270. The van der Waals surface area contributed by atoms with Gasteiger partial charge in [0, 0.05) is 25.3 Å². The highest BCUT2D eigenvalue weighted by Gasteiger charge is 2.09. The zero-order valence-electron chi connectivity index (χ0n) is 12.4. The Kier molecular flexibility index (Phi) is 4.42. The van der Waals surface area contributed by atoms with Gasteiger partial charge in [-0.05, 0) is 36.8 Å². The first kappa shape index (κ1) is 14.8. The van der Waals surface area contributed by atoms with Crippen LogP contribution < -0.4 is 5.32 Å². The summed E-state index contributed by atoms with van der Waals surface area (Å²) < 4.78 is 0. The SMILES string of the molecule is Cc1ccc(C(=O)N(C)C)cc1NCc1ccc(O)cn1. The van der Waals surface area contributed by atoms with Gasteiger partial charge in [0.2, 0.25) is 0 Å². The molecule has 0 fully saturated rings. The number of aromatic hydroxyl groups is 1. The topological polar surface area (TPSA) is 65.5 Å². The highest BCUT2D eigenvalue weighted by molar-refractivity contribution is 5.95. The van der Waals surface area contributed by atoms with Crippen LogP contribution in [-0.4, -0.2) is 35.0 Å². The van der Waals surface area contributed by atoms with Crippen LogP contribution in [0.3, 0.4) is 0 Å². The summed E-state index contributed by atoms with van der Waals surface area (Å²) in [7, 11) is 3.46. The van der Waals surface area contributed by atoms with E-state index in [0.29, 0.717) is 12.1 Å². The number of aromatic nitrogens is 1. The second-order valence-corrected chi connectivity index (χ2v) is 5.09. The zero-order chi connectivity index (χ0) is 15.4. The monoisotopic (exact) mass is 285 g/mol. The Morgan fingerprint density at radius 3 is 2.67 bits per heavy atom. The lowest BCUT2D eigenvalue weighted by Gasteiger charge is -2.14. The number of aryl methyl sites for hydroxylation is 1. The maximum absolute atomic E-state index is 12.0. The number of amides is 1. The number of pyridine rings is 1. The maximum atomic E-state index is 12.0. The summed E-state index contributed by atoms with van der Waals surface area (Å²) in [6.45, 7) is 2.51. The van der Waals surface area contributed by atoms with E-state index in [1.54, 1.807) is 31.1 Å². The van der Waals surface area contributed by atoms with E-state index in [2.05, 4.69) is 10.3 Å². The Morgan fingerprint density at radius 1 is 1.29 bits per heavy atom. The number of hydrogen-bond acceptors (Lipinski definition) is 4. The Bertz CT molecular complexity index is 636. The smallest absolute Gasteiger partial charge is 0.253 e. The van der Waals surface area contributed by atoms with Crippen molar-refractivity contribution in [2.45, 2.75) is 13.5 Å². The van der Waals surface area contributed by atoms with Crippen molar-refractivity contribution in [2.75, 3.05) is 19.4 Å². The number of carbonyl (C=O) groups is 1. The maximum Gasteiger partial charge on any atom is 0.253 e. The fraction of sp³-hybridized carbons (Fsp3) is 0.250. The molecule has 0 bridgehead atoms. The summed E-state index contributed by atoms with van der Waals surface area (Å²) in [4.78, 5) is 17.7. The third kappa shape index (κ3) is 3.72. The normalized spacial score (nSPS) is 10.2. The molecule has 0 atom stereocenters. The van der Waals surface area contributed by atoms with Crippen LogP contribution in [0.1, 0.15) is 21.6 Å². The van der Waals surface area contributed by atoms with Crippen molar-refractivity contribution in [1.82, 2.24) is 9.88 Å². The summed E-state index contributed by atoms with van der Waals surface area (Å²) in [5, 5.41) is 12.5. The highest BCUT2D eigenvalue weighted by atomic mass is 16.3. The first-order valence-electron chi connectivity index (χ1n) is 6.67. The molecule has 0 aliphatic carbocycles. The largest absolute Gasteiger partial charge is 0.506 e. The number of benzene rings is 1. The second kappa shape index (κ2) is 6.26. The van der Waals surface area contributed by atoms with E-state index < -0.39 is 0 Å². The van der Waals surface area contributed by atoms with Crippen LogP contribution in [0.15, 0.2) is 36.5 Å². The van der Waals surface area contributed by atoms with Crippen molar-refractivity contribution in [3.05, 3.63) is 53.3 Å². The molecule has 110 valence electrons. The molecule has 1 amide bonds. The Hall–Kier alpha value is -2.56. The number of hydrogen-bond donors (Lipinski definition) is 2. The molecule has 5 nitrogen and oxygen atoms in total. The van der Waals surface area contributed by atoms with Gasteiger partial charge in [-0.15, -0.1) is 0 Å². The van der Waals surface area contributed by atoms with Crippen LogP contribution in [0.25, 0.3) is 0 Å². The van der Waals surface area contributed by atoms with Crippen molar-refractivity contribution in [3.63, 3.8) is 0 Å². The van der Waals surface area contributed by atoms with E-state index in [0.717, 1.165) is 16.9 Å². The lowest BCUT2D eigenvalue weighted by Crippen LogP contribution is -2.21. The summed E-state index contributed by atoms with van der Waals surface area (Å²) >= 11 is 0.